The Bertz CT molecular complexity index is 1080. The number of hydrogen-bond acceptors (Lipinski definition) is 6. The zero-order valence-electron chi connectivity index (χ0n) is 17.8. The number of carbonyl (C=O) groups excluding carboxylic acids is 1. The lowest BCUT2D eigenvalue weighted by atomic mass is 10.2. The summed E-state index contributed by atoms with van der Waals surface area (Å²) in [5, 5.41) is 0.377. The lowest BCUT2D eigenvalue weighted by Crippen LogP contribution is -2.40. The van der Waals surface area contributed by atoms with Crippen molar-refractivity contribution in [2.75, 3.05) is 20.3 Å². The van der Waals surface area contributed by atoms with Crippen LogP contribution in [-0.4, -0.2) is 35.4 Å². The molecule has 8 heteroatoms. The number of esters is 1. The molecule has 2 rings (SSSR count). The van der Waals surface area contributed by atoms with E-state index in [0.29, 0.717) is 27.3 Å². The molecular formula is C21H28N2O5S. The molecule has 0 bridgehead atoms. The molecule has 158 valence electrons. The Kier molecular flexibility index (Phi) is 7.75. The second-order valence-electron chi connectivity index (χ2n) is 7.24. The van der Waals surface area contributed by atoms with Crippen molar-refractivity contribution in [1.82, 2.24) is 9.13 Å². The van der Waals surface area contributed by atoms with E-state index in [1.165, 1.54) is 9.13 Å². The Morgan fingerprint density at radius 2 is 1.72 bits per heavy atom. The Morgan fingerprint density at radius 3 is 2.31 bits per heavy atom. The van der Waals surface area contributed by atoms with E-state index in [9.17, 15) is 14.4 Å². The number of aromatic nitrogens is 2. The van der Waals surface area contributed by atoms with E-state index in [0.717, 1.165) is 22.5 Å². The topological polar surface area (TPSA) is 79.5 Å². The van der Waals surface area contributed by atoms with E-state index in [1.807, 2.05) is 39.8 Å². The fourth-order valence-electron chi connectivity index (χ4n) is 2.75. The van der Waals surface area contributed by atoms with Crippen LogP contribution in [0.4, 0.5) is 0 Å². The van der Waals surface area contributed by atoms with Gasteiger partial charge >= 0.3 is 11.7 Å². The Labute approximate surface area is 173 Å². The molecule has 0 radical (unpaired) electrons. The van der Waals surface area contributed by atoms with E-state index in [4.69, 9.17) is 9.47 Å². The average molecular weight is 421 g/mol. The molecule has 0 N–H and O–H groups in total. The summed E-state index contributed by atoms with van der Waals surface area (Å²) in [6, 6.07) is 0. The first-order valence-electron chi connectivity index (χ1n) is 9.38. The van der Waals surface area contributed by atoms with Crippen LogP contribution in [0.15, 0.2) is 32.9 Å². The zero-order valence-corrected chi connectivity index (χ0v) is 18.6. The highest BCUT2D eigenvalue weighted by Crippen LogP contribution is 2.28. The summed E-state index contributed by atoms with van der Waals surface area (Å²) in [6.45, 7) is 10.3. The minimum atomic E-state index is -0.498. The third-order valence-corrected chi connectivity index (χ3v) is 5.68. The molecule has 2 aromatic heterocycles. The van der Waals surface area contributed by atoms with E-state index in [2.05, 4.69) is 0 Å². The number of aryl methyl sites for hydroxylation is 1. The van der Waals surface area contributed by atoms with Gasteiger partial charge in [-0.3, -0.25) is 13.9 Å². The van der Waals surface area contributed by atoms with Gasteiger partial charge in [-0.2, -0.15) is 0 Å². The number of fused-ring (bicyclic) bond motifs is 1. The molecule has 29 heavy (non-hydrogen) atoms. The SMILES string of the molecule is COCCn1c(=O)n(CC=C(C)C)c(=O)c2c(C)c(C(=O)OCC=C(C)C)sc21. The van der Waals surface area contributed by atoms with Gasteiger partial charge in [-0.25, -0.2) is 9.59 Å². The summed E-state index contributed by atoms with van der Waals surface area (Å²) >= 11 is 1.11. The summed E-state index contributed by atoms with van der Waals surface area (Å²) in [6.07, 6.45) is 3.63. The van der Waals surface area contributed by atoms with Crippen molar-refractivity contribution in [2.24, 2.45) is 0 Å². The van der Waals surface area contributed by atoms with E-state index >= 15 is 0 Å². The maximum atomic E-state index is 13.1. The highest BCUT2D eigenvalue weighted by atomic mass is 32.1. The van der Waals surface area contributed by atoms with Crippen LogP contribution in [0.25, 0.3) is 10.2 Å². The molecule has 0 amide bonds. The second-order valence-corrected chi connectivity index (χ2v) is 8.24. The first kappa shape index (κ1) is 22.8. The summed E-state index contributed by atoms with van der Waals surface area (Å²) in [5.74, 6) is -0.498. The Balaban J connectivity index is 2.67. The molecule has 0 saturated heterocycles. The van der Waals surface area contributed by atoms with Crippen molar-refractivity contribution in [3.05, 3.63) is 54.6 Å². The normalized spacial score (nSPS) is 10.8. The smallest absolute Gasteiger partial charge is 0.348 e. The van der Waals surface area contributed by atoms with Gasteiger partial charge < -0.3 is 9.47 Å². The van der Waals surface area contributed by atoms with Crippen LogP contribution >= 0.6 is 11.3 Å². The number of methoxy groups -OCH3 is 1. The highest BCUT2D eigenvalue weighted by molar-refractivity contribution is 7.20. The summed E-state index contributed by atoms with van der Waals surface area (Å²) in [4.78, 5) is 39.4. The van der Waals surface area contributed by atoms with Crippen molar-refractivity contribution in [3.8, 4) is 0 Å². The number of carbonyl (C=O) groups is 1. The minimum Gasteiger partial charge on any atom is -0.457 e. The maximum Gasteiger partial charge on any atom is 0.348 e. The van der Waals surface area contributed by atoms with Gasteiger partial charge in [0.15, 0.2) is 0 Å². The van der Waals surface area contributed by atoms with Crippen molar-refractivity contribution in [3.63, 3.8) is 0 Å². The third-order valence-electron chi connectivity index (χ3n) is 4.39. The predicted octanol–water partition coefficient (Wildman–Crippen LogP) is 3.27. The zero-order chi connectivity index (χ0) is 21.7. The van der Waals surface area contributed by atoms with Crippen LogP contribution in [0.3, 0.4) is 0 Å². The quantitative estimate of drug-likeness (QED) is 0.484. The molecule has 0 aliphatic rings. The lowest BCUT2D eigenvalue weighted by molar-refractivity contribution is 0.0554. The van der Waals surface area contributed by atoms with Gasteiger partial charge in [-0.15, -0.1) is 11.3 Å². The van der Waals surface area contributed by atoms with E-state index in [-0.39, 0.29) is 19.7 Å². The van der Waals surface area contributed by atoms with Crippen molar-refractivity contribution < 1.29 is 14.3 Å². The fraction of sp³-hybridized carbons (Fsp3) is 0.476. The molecule has 0 atom stereocenters. The minimum absolute atomic E-state index is 0.163. The van der Waals surface area contributed by atoms with Crippen LogP contribution in [0.2, 0.25) is 0 Å². The molecule has 0 aromatic carbocycles. The van der Waals surface area contributed by atoms with Crippen molar-refractivity contribution in [1.29, 1.82) is 0 Å². The standard InChI is InChI=1S/C21H28N2O5S/c1-13(2)7-9-22-18(24)16-15(5)17(20(25)28-11-8-14(3)4)29-19(16)23(21(22)26)10-12-27-6/h7-8H,9-12H2,1-6H3. The molecule has 2 aromatic rings. The van der Waals surface area contributed by atoms with Crippen LogP contribution in [-0.2, 0) is 22.6 Å². The van der Waals surface area contributed by atoms with Crippen molar-refractivity contribution in [2.45, 2.75) is 47.7 Å². The van der Waals surface area contributed by atoms with Gasteiger partial charge in [0.2, 0.25) is 0 Å². The largest absolute Gasteiger partial charge is 0.457 e. The molecule has 0 fully saturated rings. The van der Waals surface area contributed by atoms with Gasteiger partial charge in [0.25, 0.3) is 5.56 Å². The molecule has 0 unspecified atom stereocenters. The van der Waals surface area contributed by atoms with Gasteiger partial charge in [0.05, 0.1) is 18.5 Å². The van der Waals surface area contributed by atoms with Crippen LogP contribution in [0.1, 0.15) is 42.9 Å². The number of thiophene rings is 1. The Hall–Kier alpha value is -2.45. The van der Waals surface area contributed by atoms with E-state index in [1.54, 1.807) is 14.0 Å². The van der Waals surface area contributed by atoms with Crippen LogP contribution < -0.4 is 11.2 Å². The predicted molar refractivity (Wildman–Crippen MR) is 116 cm³/mol. The molecule has 0 aliphatic carbocycles. The second kappa shape index (κ2) is 9.84. The first-order valence-corrected chi connectivity index (χ1v) is 10.2. The number of allylic oxidation sites excluding steroid dienone is 3. The Morgan fingerprint density at radius 1 is 1.07 bits per heavy atom. The summed E-state index contributed by atoms with van der Waals surface area (Å²) in [7, 11) is 1.55. The van der Waals surface area contributed by atoms with Crippen molar-refractivity contribution >= 4 is 27.5 Å². The fourth-order valence-corrected chi connectivity index (χ4v) is 3.97. The van der Waals surface area contributed by atoms with E-state index < -0.39 is 17.2 Å². The van der Waals surface area contributed by atoms with Gasteiger partial charge in [-0.1, -0.05) is 17.2 Å². The molecule has 0 saturated carbocycles. The summed E-state index contributed by atoms with van der Waals surface area (Å²) < 4.78 is 13.1. The maximum absolute atomic E-state index is 13.1. The summed E-state index contributed by atoms with van der Waals surface area (Å²) in [5.41, 5.74) is 1.78. The molecule has 0 spiro atoms. The lowest BCUT2D eigenvalue weighted by Gasteiger charge is -2.11. The molecular weight excluding hydrogens is 392 g/mol. The molecule has 0 aliphatic heterocycles. The monoisotopic (exact) mass is 420 g/mol. The van der Waals surface area contributed by atoms with Crippen LogP contribution in [0, 0.1) is 6.92 Å². The number of nitrogens with zero attached hydrogens (tertiary/aromatic N) is 2. The third kappa shape index (κ3) is 5.13. The highest BCUT2D eigenvalue weighted by Gasteiger charge is 2.23. The molecule has 2 heterocycles. The van der Waals surface area contributed by atoms with Gasteiger partial charge in [-0.05, 0) is 46.3 Å². The molecule has 7 nitrogen and oxygen atoms in total. The van der Waals surface area contributed by atoms with Gasteiger partial charge in [0, 0.05) is 13.7 Å². The van der Waals surface area contributed by atoms with Gasteiger partial charge in [0.1, 0.15) is 16.3 Å². The van der Waals surface area contributed by atoms with Crippen LogP contribution in [0.5, 0.6) is 0 Å². The number of ether oxygens (including phenoxy) is 2. The first-order chi connectivity index (χ1) is 13.7. The number of rotatable bonds is 8. The average Bonchev–Trinajstić information content (AvgIpc) is 2.98. The number of hydrogen-bond donors (Lipinski definition) is 0.